The Morgan fingerprint density at radius 1 is 0.742 bits per heavy atom. The Labute approximate surface area is 184 Å². The number of hydrogen-bond acceptors (Lipinski definition) is 3. The molecule has 0 bridgehead atoms. The van der Waals surface area contributed by atoms with Crippen molar-refractivity contribution in [3.63, 3.8) is 0 Å². The number of unbranched alkanes of at least 4 members (excludes halogenated alkanes) is 7. The van der Waals surface area contributed by atoms with E-state index in [1.54, 1.807) is 24.3 Å². The molecule has 3 rings (SSSR count). The molecule has 1 N–H and O–H groups in total. The molecule has 3 amide bonds. The molecule has 0 aromatic heterocycles. The zero-order valence-electron chi connectivity index (χ0n) is 18.4. The van der Waals surface area contributed by atoms with Crippen molar-refractivity contribution >= 4 is 23.4 Å². The van der Waals surface area contributed by atoms with Crippen LogP contribution < -0.4 is 5.32 Å². The number of benzene rings is 2. The summed E-state index contributed by atoms with van der Waals surface area (Å²) in [7, 11) is 0. The van der Waals surface area contributed by atoms with E-state index in [-0.39, 0.29) is 17.7 Å². The van der Waals surface area contributed by atoms with Gasteiger partial charge in [0.05, 0.1) is 11.1 Å². The summed E-state index contributed by atoms with van der Waals surface area (Å²) >= 11 is 0. The van der Waals surface area contributed by atoms with Gasteiger partial charge in [0.1, 0.15) is 0 Å². The average Bonchev–Trinajstić information content (AvgIpc) is 3.01. The molecule has 5 heteroatoms. The van der Waals surface area contributed by atoms with Crippen LogP contribution in [-0.4, -0.2) is 29.2 Å². The average molecular weight is 421 g/mol. The van der Waals surface area contributed by atoms with Gasteiger partial charge in [-0.05, 0) is 44.0 Å². The first-order chi connectivity index (χ1) is 15.1. The molecular formula is C26H32N2O3. The van der Waals surface area contributed by atoms with Crippen molar-refractivity contribution in [3.8, 4) is 0 Å². The van der Waals surface area contributed by atoms with Gasteiger partial charge in [0, 0.05) is 18.7 Å². The lowest BCUT2D eigenvalue weighted by Crippen LogP contribution is -2.30. The zero-order chi connectivity index (χ0) is 22.1. The van der Waals surface area contributed by atoms with E-state index in [0.717, 1.165) is 57.1 Å². The molecule has 164 valence electrons. The number of aryl methyl sites for hydroxylation is 1. The largest absolute Gasteiger partial charge is 0.326 e. The third kappa shape index (κ3) is 6.51. The fourth-order valence-electron chi connectivity index (χ4n) is 3.92. The lowest BCUT2D eigenvalue weighted by atomic mass is 10.1. The third-order valence-electron chi connectivity index (χ3n) is 5.75. The van der Waals surface area contributed by atoms with Gasteiger partial charge in [0.25, 0.3) is 11.8 Å². The summed E-state index contributed by atoms with van der Waals surface area (Å²) in [5.41, 5.74) is 3.10. The number of carbonyl (C=O) groups is 3. The molecule has 0 unspecified atom stereocenters. The van der Waals surface area contributed by atoms with Crippen LogP contribution >= 0.6 is 0 Å². The summed E-state index contributed by atoms with van der Waals surface area (Å²) in [6, 6.07) is 14.9. The monoisotopic (exact) mass is 420 g/mol. The Balaban J connectivity index is 1.18. The maximum absolute atomic E-state index is 12.3. The van der Waals surface area contributed by atoms with Crippen LogP contribution in [0, 0.1) is 6.92 Å². The molecule has 31 heavy (non-hydrogen) atoms. The number of anilines is 1. The highest BCUT2D eigenvalue weighted by Gasteiger charge is 2.34. The van der Waals surface area contributed by atoms with Crippen molar-refractivity contribution in [3.05, 3.63) is 65.2 Å². The predicted molar refractivity (Wildman–Crippen MR) is 123 cm³/mol. The summed E-state index contributed by atoms with van der Waals surface area (Å²) in [6.45, 7) is 2.53. The molecule has 1 heterocycles. The number of nitrogens with zero attached hydrogens (tertiary/aromatic N) is 1. The number of hydrogen-bond donors (Lipinski definition) is 1. The molecule has 0 aliphatic carbocycles. The molecule has 0 saturated carbocycles. The van der Waals surface area contributed by atoms with E-state index in [1.165, 1.54) is 10.5 Å². The van der Waals surface area contributed by atoms with E-state index in [2.05, 4.69) is 5.32 Å². The van der Waals surface area contributed by atoms with E-state index < -0.39 is 0 Å². The number of imide groups is 1. The smallest absolute Gasteiger partial charge is 0.261 e. The second-order valence-electron chi connectivity index (χ2n) is 8.30. The summed E-state index contributed by atoms with van der Waals surface area (Å²) in [5.74, 6) is -0.240. The number of carbonyl (C=O) groups excluding carboxylic acids is 3. The van der Waals surface area contributed by atoms with Crippen molar-refractivity contribution in [1.82, 2.24) is 4.90 Å². The lowest BCUT2D eigenvalue weighted by molar-refractivity contribution is -0.116. The molecule has 2 aromatic rings. The minimum atomic E-state index is -0.160. The van der Waals surface area contributed by atoms with Gasteiger partial charge in [-0.2, -0.15) is 0 Å². The highest BCUT2D eigenvalue weighted by molar-refractivity contribution is 6.21. The minimum absolute atomic E-state index is 0.0806. The summed E-state index contributed by atoms with van der Waals surface area (Å²) in [6.07, 6.45) is 8.97. The Morgan fingerprint density at radius 2 is 1.26 bits per heavy atom. The first-order valence-electron chi connectivity index (χ1n) is 11.4. The molecule has 0 fully saturated rings. The van der Waals surface area contributed by atoms with Gasteiger partial charge < -0.3 is 5.32 Å². The molecule has 1 aliphatic heterocycles. The van der Waals surface area contributed by atoms with Crippen LogP contribution in [-0.2, 0) is 4.79 Å². The number of rotatable bonds is 12. The Hall–Kier alpha value is -2.95. The molecule has 0 atom stereocenters. The molecule has 0 radical (unpaired) electrons. The quantitative estimate of drug-likeness (QED) is 0.352. The zero-order valence-corrected chi connectivity index (χ0v) is 18.4. The van der Waals surface area contributed by atoms with E-state index in [0.29, 0.717) is 24.1 Å². The van der Waals surface area contributed by atoms with Crippen molar-refractivity contribution in [1.29, 1.82) is 0 Å². The van der Waals surface area contributed by atoms with Crippen LogP contribution in [0.2, 0.25) is 0 Å². The van der Waals surface area contributed by atoms with Gasteiger partial charge in [0.2, 0.25) is 5.91 Å². The second-order valence-corrected chi connectivity index (χ2v) is 8.30. The minimum Gasteiger partial charge on any atom is -0.326 e. The first kappa shape index (κ1) is 22.7. The number of fused-ring (bicyclic) bond motifs is 1. The Kier molecular flexibility index (Phi) is 8.39. The molecule has 2 aromatic carbocycles. The van der Waals surface area contributed by atoms with Gasteiger partial charge in [0.15, 0.2) is 0 Å². The maximum atomic E-state index is 12.3. The first-order valence-corrected chi connectivity index (χ1v) is 11.4. The normalized spacial score (nSPS) is 12.9. The summed E-state index contributed by atoms with van der Waals surface area (Å²) in [5, 5.41) is 2.94. The van der Waals surface area contributed by atoms with Crippen molar-refractivity contribution in [2.75, 3.05) is 11.9 Å². The molecule has 1 aliphatic rings. The van der Waals surface area contributed by atoms with Crippen LogP contribution in [0.1, 0.15) is 84.1 Å². The number of nitrogens with one attached hydrogen (secondary N) is 1. The highest BCUT2D eigenvalue weighted by atomic mass is 16.2. The molecule has 5 nitrogen and oxygen atoms in total. The Morgan fingerprint density at radius 3 is 1.84 bits per heavy atom. The lowest BCUT2D eigenvalue weighted by Gasteiger charge is -2.13. The van der Waals surface area contributed by atoms with Crippen LogP contribution in [0.3, 0.4) is 0 Å². The second kappa shape index (κ2) is 11.4. The van der Waals surface area contributed by atoms with Crippen molar-refractivity contribution in [2.45, 2.75) is 64.7 Å². The van der Waals surface area contributed by atoms with Crippen LogP contribution in [0.15, 0.2) is 48.5 Å². The standard InChI is InChI=1S/C26H32N2O3/c1-20-15-17-21(18-16-20)27-24(29)14-8-6-4-2-3-5-7-11-19-28-25(30)22-12-9-10-13-23(22)26(28)31/h9-10,12-13,15-18H,2-8,11,14,19H2,1H3,(H,27,29). The summed E-state index contributed by atoms with van der Waals surface area (Å²) < 4.78 is 0. The van der Waals surface area contributed by atoms with Gasteiger partial charge in [-0.3, -0.25) is 19.3 Å². The van der Waals surface area contributed by atoms with Crippen molar-refractivity contribution in [2.24, 2.45) is 0 Å². The van der Waals surface area contributed by atoms with Crippen LogP contribution in [0.25, 0.3) is 0 Å². The third-order valence-corrected chi connectivity index (χ3v) is 5.75. The summed E-state index contributed by atoms with van der Waals surface area (Å²) in [4.78, 5) is 38.0. The molecule has 0 spiro atoms. The number of amides is 3. The van der Waals surface area contributed by atoms with Gasteiger partial charge in [-0.25, -0.2) is 0 Å². The molecular weight excluding hydrogens is 388 g/mol. The van der Waals surface area contributed by atoms with Crippen LogP contribution in [0.5, 0.6) is 0 Å². The molecule has 0 saturated heterocycles. The fraction of sp³-hybridized carbons (Fsp3) is 0.423. The van der Waals surface area contributed by atoms with E-state index in [1.807, 2.05) is 31.2 Å². The highest BCUT2D eigenvalue weighted by Crippen LogP contribution is 2.23. The van der Waals surface area contributed by atoms with E-state index >= 15 is 0 Å². The SMILES string of the molecule is Cc1ccc(NC(=O)CCCCCCCCCCN2C(=O)c3ccccc3C2=O)cc1. The fourth-order valence-corrected chi connectivity index (χ4v) is 3.92. The van der Waals surface area contributed by atoms with Crippen molar-refractivity contribution < 1.29 is 14.4 Å². The Bertz CT molecular complexity index is 870. The van der Waals surface area contributed by atoms with Gasteiger partial charge in [-0.15, -0.1) is 0 Å². The predicted octanol–water partition coefficient (Wildman–Crippen LogP) is 5.74. The van der Waals surface area contributed by atoms with Crippen LogP contribution in [0.4, 0.5) is 5.69 Å². The topological polar surface area (TPSA) is 66.5 Å². The van der Waals surface area contributed by atoms with Gasteiger partial charge >= 0.3 is 0 Å². The van der Waals surface area contributed by atoms with E-state index in [4.69, 9.17) is 0 Å². The maximum Gasteiger partial charge on any atom is 0.261 e. The van der Waals surface area contributed by atoms with Gasteiger partial charge in [-0.1, -0.05) is 68.4 Å². The van der Waals surface area contributed by atoms with E-state index in [9.17, 15) is 14.4 Å².